The molecule has 0 spiro atoms. The summed E-state index contributed by atoms with van der Waals surface area (Å²) in [4.78, 5) is 15.7. The number of tetrazole rings is 1. The minimum absolute atomic E-state index is 0.00251. The number of H-pyrrole nitrogens is 1. The number of rotatable bonds is 5. The summed E-state index contributed by atoms with van der Waals surface area (Å²) in [5.41, 5.74) is 2.31. The van der Waals surface area contributed by atoms with E-state index in [2.05, 4.69) is 20.5 Å². The van der Waals surface area contributed by atoms with Crippen LogP contribution in [0.4, 0.5) is 0 Å². The van der Waals surface area contributed by atoms with E-state index >= 15 is 0 Å². The Morgan fingerprint density at radius 3 is 2.80 bits per heavy atom. The molecular formula is C17H13N5O2S. The third-order valence-electron chi connectivity index (χ3n) is 3.76. The van der Waals surface area contributed by atoms with Crippen molar-refractivity contribution in [3.05, 3.63) is 60.3 Å². The van der Waals surface area contributed by atoms with Crippen LogP contribution >= 0.6 is 11.8 Å². The summed E-state index contributed by atoms with van der Waals surface area (Å²) in [6.45, 7) is 0. The Morgan fingerprint density at radius 1 is 1.16 bits per heavy atom. The van der Waals surface area contributed by atoms with Gasteiger partial charge in [-0.2, -0.15) is 4.68 Å². The number of aromatic amines is 1. The lowest BCUT2D eigenvalue weighted by atomic mass is 10.1. The van der Waals surface area contributed by atoms with Gasteiger partial charge in [-0.15, -0.1) is 5.10 Å². The van der Waals surface area contributed by atoms with Crippen molar-refractivity contribution >= 4 is 28.4 Å². The number of nitrogens with zero attached hydrogens (tertiary/aromatic N) is 4. The summed E-state index contributed by atoms with van der Waals surface area (Å²) in [7, 11) is 0. The van der Waals surface area contributed by atoms with Crippen molar-refractivity contribution < 1.29 is 9.90 Å². The summed E-state index contributed by atoms with van der Waals surface area (Å²) in [6, 6.07) is 14.2. The van der Waals surface area contributed by atoms with Crippen molar-refractivity contribution in [2.24, 2.45) is 0 Å². The zero-order valence-electron chi connectivity index (χ0n) is 13.0. The van der Waals surface area contributed by atoms with Gasteiger partial charge in [-0.1, -0.05) is 30.0 Å². The second kappa shape index (κ2) is 6.40. The van der Waals surface area contributed by atoms with Crippen LogP contribution in [0.3, 0.4) is 0 Å². The highest BCUT2D eigenvalue weighted by Gasteiger charge is 2.15. The summed E-state index contributed by atoms with van der Waals surface area (Å²) in [5, 5.41) is 22.4. The number of aromatic nitrogens is 5. The number of carbonyl (C=O) groups is 1. The maximum absolute atomic E-state index is 12.6. The minimum atomic E-state index is 0.00251. The van der Waals surface area contributed by atoms with Crippen LogP contribution in [0.2, 0.25) is 0 Å². The molecule has 2 N–H and O–H groups in total. The number of nitrogens with one attached hydrogen (secondary N) is 1. The van der Waals surface area contributed by atoms with Crippen LogP contribution in [0.25, 0.3) is 16.6 Å². The van der Waals surface area contributed by atoms with Crippen LogP contribution in [0, 0.1) is 0 Å². The fourth-order valence-corrected chi connectivity index (χ4v) is 3.31. The molecule has 4 aromatic rings. The molecule has 0 saturated carbocycles. The van der Waals surface area contributed by atoms with Gasteiger partial charge in [0.25, 0.3) is 0 Å². The van der Waals surface area contributed by atoms with Crippen molar-refractivity contribution in [1.82, 2.24) is 25.2 Å². The van der Waals surface area contributed by atoms with E-state index in [1.54, 1.807) is 30.5 Å². The normalized spacial score (nSPS) is 11.0. The van der Waals surface area contributed by atoms with Gasteiger partial charge in [-0.3, -0.25) is 4.79 Å². The standard InChI is InChI=1S/C17H13N5O2S/c23-12-7-5-11(6-8-12)22-17(19-20-21-22)25-10-16(24)14-9-18-15-4-2-1-3-13(14)15/h1-9,18,23H,10H2. The number of fused-ring (bicyclic) bond motifs is 1. The number of Topliss-reactive ketones (excluding diaryl/α,β-unsaturated/α-hetero) is 1. The molecule has 25 heavy (non-hydrogen) atoms. The Labute approximate surface area is 146 Å². The van der Waals surface area contributed by atoms with Gasteiger partial charge in [0.05, 0.1) is 11.4 Å². The van der Waals surface area contributed by atoms with Crippen LogP contribution in [0.1, 0.15) is 10.4 Å². The number of hydrogen-bond donors (Lipinski definition) is 2. The minimum Gasteiger partial charge on any atom is -0.508 e. The molecule has 2 aromatic carbocycles. The van der Waals surface area contributed by atoms with E-state index in [-0.39, 0.29) is 17.3 Å². The summed E-state index contributed by atoms with van der Waals surface area (Å²) in [6.07, 6.45) is 1.73. The number of benzene rings is 2. The maximum atomic E-state index is 12.6. The number of phenols is 1. The van der Waals surface area contributed by atoms with Gasteiger partial charge in [-0.05, 0) is 40.8 Å². The molecule has 0 bridgehead atoms. The number of carbonyl (C=O) groups excluding carboxylic acids is 1. The zero-order valence-corrected chi connectivity index (χ0v) is 13.8. The van der Waals surface area contributed by atoms with Gasteiger partial charge in [0, 0.05) is 22.7 Å². The monoisotopic (exact) mass is 351 g/mol. The predicted molar refractivity (Wildman–Crippen MR) is 94.2 cm³/mol. The Morgan fingerprint density at radius 2 is 1.96 bits per heavy atom. The second-order valence-electron chi connectivity index (χ2n) is 5.35. The first kappa shape index (κ1) is 15.4. The average molecular weight is 351 g/mol. The Bertz CT molecular complexity index is 1040. The highest BCUT2D eigenvalue weighted by atomic mass is 32.2. The highest BCUT2D eigenvalue weighted by Crippen LogP contribution is 2.23. The van der Waals surface area contributed by atoms with E-state index in [1.807, 2.05) is 24.3 Å². The Balaban J connectivity index is 1.53. The fourth-order valence-electron chi connectivity index (χ4n) is 2.53. The third kappa shape index (κ3) is 2.99. The predicted octanol–water partition coefficient (Wildman–Crippen LogP) is 2.82. The van der Waals surface area contributed by atoms with Crippen LogP contribution in [0.15, 0.2) is 59.9 Å². The van der Waals surface area contributed by atoms with E-state index in [1.165, 1.54) is 16.4 Å². The number of thioether (sulfide) groups is 1. The number of para-hydroxylation sites is 1. The third-order valence-corrected chi connectivity index (χ3v) is 4.68. The molecule has 0 saturated heterocycles. The van der Waals surface area contributed by atoms with Crippen molar-refractivity contribution in [3.8, 4) is 11.4 Å². The first-order valence-electron chi connectivity index (χ1n) is 7.52. The first-order valence-corrected chi connectivity index (χ1v) is 8.51. The van der Waals surface area contributed by atoms with Crippen molar-refractivity contribution in [1.29, 1.82) is 0 Å². The van der Waals surface area contributed by atoms with E-state index in [0.29, 0.717) is 16.4 Å². The van der Waals surface area contributed by atoms with Gasteiger partial charge < -0.3 is 10.1 Å². The van der Waals surface area contributed by atoms with Gasteiger partial charge in [0.1, 0.15) is 5.75 Å². The van der Waals surface area contributed by atoms with Gasteiger partial charge in [0.2, 0.25) is 5.16 Å². The topological polar surface area (TPSA) is 96.7 Å². The maximum Gasteiger partial charge on any atom is 0.214 e. The number of hydrogen-bond acceptors (Lipinski definition) is 6. The van der Waals surface area contributed by atoms with Gasteiger partial charge in [-0.25, -0.2) is 0 Å². The van der Waals surface area contributed by atoms with E-state index in [9.17, 15) is 9.90 Å². The number of phenolic OH excluding ortho intramolecular Hbond substituents is 1. The van der Waals surface area contributed by atoms with Crippen LogP contribution in [-0.2, 0) is 0 Å². The largest absolute Gasteiger partial charge is 0.508 e. The van der Waals surface area contributed by atoms with Crippen LogP contribution < -0.4 is 0 Å². The number of aromatic hydroxyl groups is 1. The molecule has 0 aliphatic carbocycles. The molecule has 0 radical (unpaired) electrons. The van der Waals surface area contributed by atoms with E-state index in [0.717, 1.165) is 10.9 Å². The summed E-state index contributed by atoms with van der Waals surface area (Å²) >= 11 is 1.27. The molecule has 0 aliphatic rings. The molecule has 4 rings (SSSR count). The highest BCUT2D eigenvalue weighted by molar-refractivity contribution is 7.99. The van der Waals surface area contributed by atoms with Crippen LogP contribution in [-0.4, -0.2) is 41.8 Å². The van der Waals surface area contributed by atoms with Crippen LogP contribution in [0.5, 0.6) is 5.75 Å². The SMILES string of the molecule is O=C(CSc1nnnn1-c1ccc(O)cc1)c1c[nH]c2ccccc12. The Hall–Kier alpha value is -3.13. The quantitative estimate of drug-likeness (QED) is 0.424. The van der Waals surface area contributed by atoms with Gasteiger partial charge in [0.15, 0.2) is 5.78 Å². The molecule has 0 amide bonds. The molecule has 0 unspecified atom stereocenters. The molecule has 0 fully saturated rings. The van der Waals surface area contributed by atoms with Gasteiger partial charge >= 0.3 is 0 Å². The summed E-state index contributed by atoms with van der Waals surface area (Å²) in [5.74, 6) is 0.392. The zero-order chi connectivity index (χ0) is 17.2. The molecule has 0 atom stereocenters. The van der Waals surface area contributed by atoms with Crippen molar-refractivity contribution in [3.63, 3.8) is 0 Å². The molecule has 124 valence electrons. The number of ketones is 1. The smallest absolute Gasteiger partial charge is 0.214 e. The lowest BCUT2D eigenvalue weighted by Gasteiger charge is -2.04. The average Bonchev–Trinajstić information content (AvgIpc) is 3.27. The molecule has 2 aromatic heterocycles. The second-order valence-corrected chi connectivity index (χ2v) is 6.29. The summed E-state index contributed by atoms with van der Waals surface area (Å²) < 4.78 is 1.53. The van der Waals surface area contributed by atoms with Crippen molar-refractivity contribution in [2.75, 3.05) is 5.75 Å². The molecule has 2 heterocycles. The Kier molecular flexibility index (Phi) is 3.95. The lowest BCUT2D eigenvalue weighted by Crippen LogP contribution is -2.04. The molecule has 8 heteroatoms. The lowest BCUT2D eigenvalue weighted by molar-refractivity contribution is 0.102. The molecule has 7 nitrogen and oxygen atoms in total. The van der Waals surface area contributed by atoms with E-state index < -0.39 is 0 Å². The van der Waals surface area contributed by atoms with E-state index in [4.69, 9.17) is 0 Å². The fraction of sp³-hybridized carbons (Fsp3) is 0.0588. The molecule has 0 aliphatic heterocycles. The van der Waals surface area contributed by atoms with Crippen molar-refractivity contribution in [2.45, 2.75) is 5.16 Å². The first-order chi connectivity index (χ1) is 12.2. The molecular weight excluding hydrogens is 338 g/mol.